The van der Waals surface area contributed by atoms with E-state index in [1.165, 1.54) is 4.68 Å². The van der Waals surface area contributed by atoms with Crippen molar-refractivity contribution in [3.8, 4) is 0 Å². The van der Waals surface area contributed by atoms with E-state index in [2.05, 4.69) is 17.0 Å². The number of carbonyl (C=O) groups excluding carboxylic acids is 2. The van der Waals surface area contributed by atoms with Crippen LogP contribution in [0.1, 0.15) is 54.0 Å². The van der Waals surface area contributed by atoms with Crippen molar-refractivity contribution in [2.45, 2.75) is 47.0 Å². The molecule has 0 atom stereocenters. The summed E-state index contributed by atoms with van der Waals surface area (Å²) in [7, 11) is 0. The van der Waals surface area contributed by atoms with Crippen LogP contribution >= 0.6 is 0 Å². The third-order valence-electron chi connectivity index (χ3n) is 4.00. The third-order valence-corrected chi connectivity index (χ3v) is 4.00. The van der Waals surface area contributed by atoms with E-state index in [0.29, 0.717) is 24.1 Å². The second-order valence-corrected chi connectivity index (χ2v) is 6.38. The molecule has 2 rings (SSSR count). The van der Waals surface area contributed by atoms with Crippen LogP contribution in [0, 0.1) is 13.8 Å². The van der Waals surface area contributed by atoms with Crippen molar-refractivity contribution in [3.63, 3.8) is 0 Å². The number of aryl methyl sites for hydroxylation is 1. The Labute approximate surface area is 148 Å². The summed E-state index contributed by atoms with van der Waals surface area (Å²) in [6, 6.07) is 6.89. The predicted molar refractivity (Wildman–Crippen MR) is 99.9 cm³/mol. The van der Waals surface area contributed by atoms with E-state index in [-0.39, 0.29) is 11.8 Å². The van der Waals surface area contributed by atoms with Gasteiger partial charge in [0.25, 0.3) is 5.91 Å². The number of anilines is 1. The van der Waals surface area contributed by atoms with Crippen LogP contribution in [0.3, 0.4) is 0 Å². The molecule has 1 aromatic heterocycles. The summed E-state index contributed by atoms with van der Waals surface area (Å²) in [6.45, 7) is 11.7. The van der Waals surface area contributed by atoms with Crippen LogP contribution in [-0.2, 0) is 11.2 Å². The van der Waals surface area contributed by atoms with Gasteiger partial charge in [0.2, 0.25) is 5.91 Å². The van der Waals surface area contributed by atoms with Crippen LogP contribution in [-0.4, -0.2) is 21.6 Å². The highest BCUT2D eigenvalue weighted by molar-refractivity contribution is 5.97. The molecule has 1 amide bonds. The van der Waals surface area contributed by atoms with Crippen molar-refractivity contribution in [3.05, 3.63) is 58.9 Å². The van der Waals surface area contributed by atoms with Crippen LogP contribution in [0.4, 0.5) is 5.69 Å². The van der Waals surface area contributed by atoms with E-state index in [4.69, 9.17) is 0 Å². The van der Waals surface area contributed by atoms with Gasteiger partial charge in [0.05, 0.1) is 5.69 Å². The number of rotatable bonds is 6. The van der Waals surface area contributed by atoms with Gasteiger partial charge in [-0.25, -0.2) is 4.68 Å². The molecular weight excluding hydrogens is 314 g/mol. The quantitative estimate of drug-likeness (QED) is 0.808. The Bertz CT molecular complexity index is 801. The fourth-order valence-corrected chi connectivity index (χ4v) is 2.70. The number of hydrogen-bond donors (Lipinski definition) is 1. The zero-order valence-electron chi connectivity index (χ0n) is 15.3. The second kappa shape index (κ2) is 7.92. The summed E-state index contributed by atoms with van der Waals surface area (Å²) < 4.78 is 1.44. The van der Waals surface area contributed by atoms with E-state index in [9.17, 15) is 9.59 Å². The first kappa shape index (κ1) is 18.6. The van der Waals surface area contributed by atoms with Crippen LogP contribution in [0.2, 0.25) is 0 Å². The van der Waals surface area contributed by atoms with Gasteiger partial charge in [0.15, 0.2) is 0 Å². The second-order valence-electron chi connectivity index (χ2n) is 6.38. The molecule has 0 aliphatic heterocycles. The minimum absolute atomic E-state index is 0.0236. The van der Waals surface area contributed by atoms with E-state index < -0.39 is 0 Å². The van der Waals surface area contributed by atoms with E-state index in [0.717, 1.165) is 28.9 Å². The van der Waals surface area contributed by atoms with Crippen LogP contribution in [0.5, 0.6) is 0 Å². The SMILES string of the molecule is C=C(C)Cc1c(C)nn(C(=O)c2ccc(NC(=O)CCC)cc2)c1C. The Morgan fingerprint density at radius 3 is 2.40 bits per heavy atom. The number of carbonyl (C=O) groups is 2. The average Bonchev–Trinajstić information content (AvgIpc) is 2.83. The van der Waals surface area contributed by atoms with Crippen LogP contribution < -0.4 is 5.32 Å². The van der Waals surface area contributed by atoms with Crippen molar-refractivity contribution >= 4 is 17.5 Å². The zero-order valence-corrected chi connectivity index (χ0v) is 15.3. The molecule has 0 unspecified atom stereocenters. The molecule has 0 spiro atoms. The molecule has 0 bridgehead atoms. The number of allylic oxidation sites excluding steroid dienone is 1. The van der Waals surface area contributed by atoms with Gasteiger partial charge in [-0.1, -0.05) is 19.1 Å². The zero-order chi connectivity index (χ0) is 18.6. The van der Waals surface area contributed by atoms with E-state index in [1.807, 2.05) is 27.7 Å². The Morgan fingerprint density at radius 1 is 1.20 bits per heavy atom. The molecule has 0 fully saturated rings. The van der Waals surface area contributed by atoms with E-state index in [1.54, 1.807) is 24.3 Å². The number of aromatic nitrogens is 2. The molecular formula is C20H25N3O2. The highest BCUT2D eigenvalue weighted by Gasteiger charge is 2.18. The minimum Gasteiger partial charge on any atom is -0.326 e. The lowest BCUT2D eigenvalue weighted by Crippen LogP contribution is -2.16. The summed E-state index contributed by atoms with van der Waals surface area (Å²) in [5.74, 6) is -0.204. The molecule has 1 aromatic carbocycles. The molecule has 1 N–H and O–H groups in total. The van der Waals surface area contributed by atoms with E-state index >= 15 is 0 Å². The third kappa shape index (κ3) is 4.44. The minimum atomic E-state index is -0.181. The molecule has 1 heterocycles. The summed E-state index contributed by atoms with van der Waals surface area (Å²) in [4.78, 5) is 24.4. The fraction of sp³-hybridized carbons (Fsp3) is 0.350. The van der Waals surface area contributed by atoms with Crippen molar-refractivity contribution < 1.29 is 9.59 Å². The lowest BCUT2D eigenvalue weighted by atomic mass is 10.1. The Morgan fingerprint density at radius 2 is 1.84 bits per heavy atom. The number of nitrogens with zero attached hydrogens (tertiary/aromatic N) is 2. The van der Waals surface area contributed by atoms with Gasteiger partial charge in [0.1, 0.15) is 0 Å². The molecule has 132 valence electrons. The van der Waals surface area contributed by atoms with Crippen LogP contribution in [0.15, 0.2) is 36.4 Å². The van der Waals surface area contributed by atoms with Crippen LogP contribution in [0.25, 0.3) is 0 Å². The number of amides is 1. The first-order chi connectivity index (χ1) is 11.8. The fourth-order valence-electron chi connectivity index (χ4n) is 2.70. The average molecular weight is 339 g/mol. The van der Waals surface area contributed by atoms with Crippen molar-refractivity contribution in [1.29, 1.82) is 0 Å². The van der Waals surface area contributed by atoms with Crippen molar-refractivity contribution in [2.75, 3.05) is 5.32 Å². The Hall–Kier alpha value is -2.69. The lowest BCUT2D eigenvalue weighted by molar-refractivity contribution is -0.116. The molecule has 25 heavy (non-hydrogen) atoms. The highest BCUT2D eigenvalue weighted by Crippen LogP contribution is 2.19. The molecule has 0 aliphatic rings. The number of nitrogens with one attached hydrogen (secondary N) is 1. The van der Waals surface area contributed by atoms with Gasteiger partial charge < -0.3 is 5.32 Å². The summed E-state index contributed by atoms with van der Waals surface area (Å²) in [5.41, 5.74) is 4.98. The number of benzene rings is 1. The molecule has 5 nitrogen and oxygen atoms in total. The predicted octanol–water partition coefficient (Wildman–Crippen LogP) is 4.05. The molecule has 0 radical (unpaired) electrons. The van der Waals surface area contributed by atoms with Crippen molar-refractivity contribution in [1.82, 2.24) is 9.78 Å². The first-order valence-electron chi connectivity index (χ1n) is 8.47. The van der Waals surface area contributed by atoms with Gasteiger partial charge in [-0.05, 0) is 57.9 Å². The summed E-state index contributed by atoms with van der Waals surface area (Å²) in [5, 5.41) is 7.20. The maximum atomic E-state index is 12.7. The van der Waals surface area contributed by atoms with Gasteiger partial charge in [-0.2, -0.15) is 5.10 Å². The molecule has 0 aliphatic carbocycles. The Balaban J connectivity index is 2.21. The summed E-state index contributed by atoms with van der Waals surface area (Å²) >= 11 is 0. The number of hydrogen-bond acceptors (Lipinski definition) is 3. The molecule has 0 saturated heterocycles. The maximum Gasteiger partial charge on any atom is 0.278 e. The summed E-state index contributed by atoms with van der Waals surface area (Å²) in [6.07, 6.45) is 2.00. The first-order valence-corrected chi connectivity index (χ1v) is 8.47. The van der Waals surface area contributed by atoms with Gasteiger partial charge in [-0.15, -0.1) is 0 Å². The maximum absolute atomic E-state index is 12.7. The molecule has 5 heteroatoms. The standard InChI is InChI=1S/C20H25N3O2/c1-6-7-19(24)21-17-10-8-16(9-11-17)20(25)23-15(5)18(12-13(2)3)14(4)22-23/h8-11H,2,6-7,12H2,1,3-5H3,(H,21,24). The molecule has 2 aromatic rings. The largest absolute Gasteiger partial charge is 0.326 e. The Kier molecular flexibility index (Phi) is 5.91. The normalized spacial score (nSPS) is 10.6. The highest BCUT2D eigenvalue weighted by atomic mass is 16.2. The lowest BCUT2D eigenvalue weighted by Gasteiger charge is -2.07. The van der Waals surface area contributed by atoms with Gasteiger partial charge in [-0.3, -0.25) is 9.59 Å². The molecule has 0 saturated carbocycles. The van der Waals surface area contributed by atoms with Gasteiger partial charge in [0, 0.05) is 28.9 Å². The van der Waals surface area contributed by atoms with Gasteiger partial charge >= 0.3 is 0 Å². The topological polar surface area (TPSA) is 64.0 Å². The smallest absolute Gasteiger partial charge is 0.278 e. The monoisotopic (exact) mass is 339 g/mol. The van der Waals surface area contributed by atoms with Crippen molar-refractivity contribution in [2.24, 2.45) is 0 Å².